The zero-order valence-corrected chi connectivity index (χ0v) is 22.1. The number of aromatic nitrogens is 3. The third-order valence-corrected chi connectivity index (χ3v) is 7.47. The number of rotatable bonds is 9. The summed E-state index contributed by atoms with van der Waals surface area (Å²) in [5, 5.41) is 3.66. The van der Waals surface area contributed by atoms with Crippen LogP contribution < -0.4 is 10.1 Å². The van der Waals surface area contributed by atoms with Crippen molar-refractivity contribution in [2.75, 3.05) is 25.6 Å². The summed E-state index contributed by atoms with van der Waals surface area (Å²) in [4.78, 5) is 24.2. The fourth-order valence-electron chi connectivity index (χ4n) is 5.17. The quantitative estimate of drug-likeness (QED) is 0.316. The second-order valence-electron chi connectivity index (χ2n) is 10.2. The van der Waals surface area contributed by atoms with Gasteiger partial charge < -0.3 is 29.2 Å². The lowest BCUT2D eigenvalue weighted by molar-refractivity contribution is -0.114. The molecule has 2 aliphatic rings. The molecule has 1 amide bonds. The number of pyridine rings is 2. The highest BCUT2D eigenvalue weighted by atomic mass is 16.6. The van der Waals surface area contributed by atoms with E-state index in [0.29, 0.717) is 32.1 Å². The van der Waals surface area contributed by atoms with Crippen LogP contribution in [-0.4, -0.2) is 53.4 Å². The van der Waals surface area contributed by atoms with Gasteiger partial charge in [-0.05, 0) is 11.6 Å². The SMILES string of the molecule is COC1(c2cc(OC3CC(OCc4ccccc4)C3)cc(-c3c[nH]c4cnc(NC(C)=O)cc34)n2)CCOC1. The van der Waals surface area contributed by atoms with E-state index in [1.54, 1.807) is 13.3 Å². The molecule has 4 heterocycles. The molecule has 2 fully saturated rings. The topological polar surface area (TPSA) is 108 Å². The first-order valence-electron chi connectivity index (χ1n) is 13.2. The van der Waals surface area contributed by atoms with Gasteiger partial charge in [-0.2, -0.15) is 0 Å². The minimum atomic E-state index is -0.635. The van der Waals surface area contributed by atoms with Crippen molar-refractivity contribution in [2.24, 2.45) is 0 Å². The standard InChI is InChI=1S/C30H32N4O5/c1-19(35)33-29-14-24-25(15-31-27(24)16-32-29)26-12-23(13-28(34-26)30(36-2)8-9-37-18-30)39-22-10-21(11-22)38-17-20-6-4-3-5-7-20/h3-7,12-16,21-22,31H,8-11,17-18H2,1-2H3,(H,32,33,35). The van der Waals surface area contributed by atoms with Gasteiger partial charge in [-0.1, -0.05) is 30.3 Å². The average Bonchev–Trinajstić information content (AvgIpc) is 3.58. The van der Waals surface area contributed by atoms with Gasteiger partial charge in [0.25, 0.3) is 0 Å². The summed E-state index contributed by atoms with van der Waals surface area (Å²) in [6.45, 7) is 3.11. The second-order valence-corrected chi connectivity index (χ2v) is 10.2. The fourth-order valence-corrected chi connectivity index (χ4v) is 5.17. The molecule has 0 bridgehead atoms. The minimum absolute atomic E-state index is 0.0609. The van der Waals surface area contributed by atoms with E-state index in [-0.39, 0.29) is 18.1 Å². The molecule has 1 aliphatic heterocycles. The van der Waals surface area contributed by atoms with Crippen molar-refractivity contribution < 1.29 is 23.7 Å². The van der Waals surface area contributed by atoms with Gasteiger partial charge in [0.15, 0.2) is 0 Å². The molecule has 4 aromatic rings. The molecule has 1 atom stereocenters. The first-order chi connectivity index (χ1) is 19.0. The number of H-pyrrole nitrogens is 1. The summed E-state index contributed by atoms with van der Waals surface area (Å²) in [7, 11) is 1.70. The molecule has 39 heavy (non-hydrogen) atoms. The summed E-state index contributed by atoms with van der Waals surface area (Å²) in [6.07, 6.45) is 6.22. The van der Waals surface area contributed by atoms with Gasteiger partial charge in [-0.15, -0.1) is 0 Å². The summed E-state index contributed by atoms with van der Waals surface area (Å²) in [6, 6.07) is 16.0. The van der Waals surface area contributed by atoms with Crippen molar-refractivity contribution in [1.29, 1.82) is 0 Å². The largest absolute Gasteiger partial charge is 0.490 e. The lowest BCUT2D eigenvalue weighted by atomic mass is 9.91. The second kappa shape index (κ2) is 10.8. The van der Waals surface area contributed by atoms with Crippen molar-refractivity contribution in [1.82, 2.24) is 15.0 Å². The number of aromatic amines is 1. The predicted molar refractivity (Wildman–Crippen MR) is 146 cm³/mol. The Hall–Kier alpha value is -3.79. The maximum Gasteiger partial charge on any atom is 0.222 e. The Balaban J connectivity index is 1.26. The third kappa shape index (κ3) is 5.38. The van der Waals surface area contributed by atoms with E-state index in [1.807, 2.05) is 42.6 Å². The van der Waals surface area contributed by atoms with E-state index in [4.69, 9.17) is 23.9 Å². The lowest BCUT2D eigenvalue weighted by Gasteiger charge is -2.35. The molecule has 0 radical (unpaired) electrons. The number of hydrogen-bond donors (Lipinski definition) is 2. The molecule has 0 spiro atoms. The zero-order valence-electron chi connectivity index (χ0n) is 22.1. The van der Waals surface area contributed by atoms with Gasteiger partial charge >= 0.3 is 0 Å². The summed E-state index contributed by atoms with van der Waals surface area (Å²) >= 11 is 0. The van der Waals surface area contributed by atoms with E-state index in [1.165, 1.54) is 12.5 Å². The number of ether oxygens (including phenoxy) is 4. The van der Waals surface area contributed by atoms with Gasteiger partial charge in [-0.3, -0.25) is 4.79 Å². The maximum absolute atomic E-state index is 11.6. The van der Waals surface area contributed by atoms with Crippen LogP contribution in [-0.2, 0) is 31.2 Å². The lowest BCUT2D eigenvalue weighted by Crippen LogP contribution is -2.39. The number of nitrogens with zero attached hydrogens (tertiary/aromatic N) is 2. The molecule has 3 aromatic heterocycles. The van der Waals surface area contributed by atoms with Crippen LogP contribution in [0.3, 0.4) is 0 Å². The van der Waals surface area contributed by atoms with Gasteiger partial charge in [0, 0.05) is 69.2 Å². The molecule has 9 nitrogen and oxygen atoms in total. The molecule has 202 valence electrons. The highest BCUT2D eigenvalue weighted by Crippen LogP contribution is 2.39. The first kappa shape index (κ1) is 25.5. The van der Waals surface area contributed by atoms with Crippen LogP contribution in [0, 0.1) is 0 Å². The van der Waals surface area contributed by atoms with E-state index in [0.717, 1.165) is 46.4 Å². The Morgan fingerprint density at radius 1 is 1.18 bits per heavy atom. The number of hydrogen-bond acceptors (Lipinski definition) is 7. The normalized spacial score (nSPS) is 22.5. The monoisotopic (exact) mass is 528 g/mol. The van der Waals surface area contributed by atoms with Crippen molar-refractivity contribution in [3.05, 3.63) is 72.2 Å². The molecule has 9 heteroatoms. The number of fused-ring (bicyclic) bond motifs is 1. The van der Waals surface area contributed by atoms with Gasteiger partial charge in [0.2, 0.25) is 5.91 Å². The van der Waals surface area contributed by atoms with Crippen molar-refractivity contribution in [3.63, 3.8) is 0 Å². The number of methoxy groups -OCH3 is 1. The number of amides is 1. The Kier molecular flexibility index (Phi) is 7.03. The highest BCUT2D eigenvalue weighted by molar-refractivity contribution is 5.97. The van der Waals surface area contributed by atoms with Crippen molar-refractivity contribution in [3.8, 4) is 17.0 Å². The first-order valence-corrected chi connectivity index (χ1v) is 13.2. The Morgan fingerprint density at radius 3 is 2.77 bits per heavy atom. The summed E-state index contributed by atoms with van der Waals surface area (Å²) < 4.78 is 24.2. The van der Waals surface area contributed by atoms with Crippen LogP contribution in [0.4, 0.5) is 5.82 Å². The number of nitrogens with one attached hydrogen (secondary N) is 2. The molecule has 6 rings (SSSR count). The van der Waals surface area contributed by atoms with Crippen LogP contribution in [0.25, 0.3) is 22.2 Å². The molecular weight excluding hydrogens is 496 g/mol. The number of carbonyl (C=O) groups is 1. The van der Waals surface area contributed by atoms with Crippen LogP contribution >= 0.6 is 0 Å². The maximum atomic E-state index is 11.6. The minimum Gasteiger partial charge on any atom is -0.490 e. The fraction of sp³-hybridized carbons (Fsp3) is 0.367. The van der Waals surface area contributed by atoms with E-state index >= 15 is 0 Å². The van der Waals surface area contributed by atoms with E-state index < -0.39 is 5.60 Å². The van der Waals surface area contributed by atoms with Gasteiger partial charge in [0.1, 0.15) is 23.3 Å². The van der Waals surface area contributed by atoms with Crippen molar-refractivity contribution in [2.45, 2.75) is 50.6 Å². The summed E-state index contributed by atoms with van der Waals surface area (Å²) in [5.74, 6) is 1.04. The number of benzene rings is 1. The Labute approximate surface area is 226 Å². The molecule has 1 saturated carbocycles. The molecule has 1 unspecified atom stereocenters. The molecule has 1 aliphatic carbocycles. The van der Waals surface area contributed by atoms with Gasteiger partial charge in [-0.25, -0.2) is 9.97 Å². The average molecular weight is 529 g/mol. The van der Waals surface area contributed by atoms with Crippen LogP contribution in [0.2, 0.25) is 0 Å². The Bertz CT molecular complexity index is 1460. The van der Waals surface area contributed by atoms with Gasteiger partial charge in [0.05, 0.1) is 42.4 Å². The zero-order chi connectivity index (χ0) is 26.8. The molecule has 1 aromatic carbocycles. The molecule has 2 N–H and O–H groups in total. The molecule has 1 saturated heterocycles. The van der Waals surface area contributed by atoms with Crippen LogP contribution in [0.15, 0.2) is 60.9 Å². The highest BCUT2D eigenvalue weighted by Gasteiger charge is 2.39. The third-order valence-electron chi connectivity index (χ3n) is 7.47. The number of anilines is 1. The van der Waals surface area contributed by atoms with Crippen LogP contribution in [0.5, 0.6) is 5.75 Å². The molecular formula is C30H32N4O5. The Morgan fingerprint density at radius 2 is 2.03 bits per heavy atom. The van der Waals surface area contributed by atoms with E-state index in [9.17, 15) is 4.79 Å². The smallest absolute Gasteiger partial charge is 0.222 e. The summed E-state index contributed by atoms with van der Waals surface area (Å²) in [5.41, 5.74) is 3.78. The van der Waals surface area contributed by atoms with Crippen molar-refractivity contribution >= 4 is 22.6 Å². The number of carbonyl (C=O) groups excluding carboxylic acids is 1. The van der Waals surface area contributed by atoms with Crippen LogP contribution in [0.1, 0.15) is 37.4 Å². The van der Waals surface area contributed by atoms with E-state index in [2.05, 4.69) is 27.4 Å². The predicted octanol–water partition coefficient (Wildman–Crippen LogP) is 4.97.